The standard InChI is InChI=1S/C18H24N2O3S/c21-18(19-17-11-13-6-7-14(17)10-13)15-4-3-5-16(12-15)20-8-1-2-9-24(20,22)23/h3-5,12-14,17H,1-2,6-11H2,(H,19,21). The first-order valence-electron chi connectivity index (χ1n) is 8.94. The lowest BCUT2D eigenvalue weighted by Crippen LogP contribution is -2.39. The van der Waals surface area contributed by atoms with Gasteiger partial charge in [-0.25, -0.2) is 8.42 Å². The number of carbonyl (C=O) groups is 1. The summed E-state index contributed by atoms with van der Waals surface area (Å²) >= 11 is 0. The first-order chi connectivity index (χ1) is 11.5. The van der Waals surface area contributed by atoms with Crippen LogP contribution in [0.3, 0.4) is 0 Å². The highest BCUT2D eigenvalue weighted by Crippen LogP contribution is 2.44. The number of anilines is 1. The first-order valence-corrected chi connectivity index (χ1v) is 10.6. The van der Waals surface area contributed by atoms with Gasteiger partial charge < -0.3 is 5.32 Å². The number of hydrogen-bond acceptors (Lipinski definition) is 3. The number of benzene rings is 1. The molecule has 0 spiro atoms. The molecule has 1 aromatic carbocycles. The summed E-state index contributed by atoms with van der Waals surface area (Å²) in [7, 11) is -3.25. The SMILES string of the molecule is O=C(NC1CC2CCC1C2)c1cccc(N2CCCCS2(=O)=O)c1. The fourth-order valence-corrected chi connectivity index (χ4v) is 6.19. The van der Waals surface area contributed by atoms with Crippen molar-refractivity contribution in [3.8, 4) is 0 Å². The summed E-state index contributed by atoms with van der Waals surface area (Å²) in [6, 6.07) is 7.32. The van der Waals surface area contributed by atoms with Crippen molar-refractivity contribution in [1.82, 2.24) is 5.32 Å². The third-order valence-electron chi connectivity index (χ3n) is 5.80. The van der Waals surface area contributed by atoms with Gasteiger partial charge in [0.2, 0.25) is 10.0 Å². The molecule has 2 bridgehead atoms. The van der Waals surface area contributed by atoms with Crippen LogP contribution < -0.4 is 9.62 Å². The van der Waals surface area contributed by atoms with Crippen molar-refractivity contribution < 1.29 is 13.2 Å². The molecule has 5 nitrogen and oxygen atoms in total. The fourth-order valence-electron chi connectivity index (χ4n) is 4.55. The van der Waals surface area contributed by atoms with Crippen LogP contribution in [-0.4, -0.2) is 32.7 Å². The van der Waals surface area contributed by atoms with Gasteiger partial charge in [-0.15, -0.1) is 0 Å². The summed E-state index contributed by atoms with van der Waals surface area (Å²) < 4.78 is 26.0. The third-order valence-corrected chi connectivity index (χ3v) is 7.67. The van der Waals surface area contributed by atoms with Gasteiger partial charge in [0.15, 0.2) is 0 Å². The van der Waals surface area contributed by atoms with Crippen LogP contribution in [0.4, 0.5) is 5.69 Å². The Morgan fingerprint density at radius 1 is 1.17 bits per heavy atom. The minimum atomic E-state index is -3.25. The number of sulfonamides is 1. The van der Waals surface area contributed by atoms with Crippen molar-refractivity contribution in [1.29, 1.82) is 0 Å². The molecule has 24 heavy (non-hydrogen) atoms. The number of nitrogens with zero attached hydrogens (tertiary/aromatic N) is 1. The molecule has 3 unspecified atom stereocenters. The van der Waals surface area contributed by atoms with E-state index in [1.54, 1.807) is 24.3 Å². The molecule has 1 N–H and O–H groups in total. The highest BCUT2D eigenvalue weighted by molar-refractivity contribution is 7.92. The summed E-state index contributed by atoms with van der Waals surface area (Å²) in [6.07, 6.45) is 6.44. The molecule has 3 atom stereocenters. The van der Waals surface area contributed by atoms with Crippen LogP contribution in [0, 0.1) is 11.8 Å². The zero-order chi connectivity index (χ0) is 16.7. The smallest absolute Gasteiger partial charge is 0.251 e. The molecule has 6 heteroatoms. The monoisotopic (exact) mass is 348 g/mol. The Morgan fingerprint density at radius 3 is 2.75 bits per heavy atom. The molecule has 4 rings (SSSR count). The highest BCUT2D eigenvalue weighted by atomic mass is 32.2. The average molecular weight is 348 g/mol. The second kappa shape index (κ2) is 6.06. The van der Waals surface area contributed by atoms with Gasteiger partial charge in [-0.1, -0.05) is 12.5 Å². The lowest BCUT2D eigenvalue weighted by atomic mass is 9.95. The Labute approximate surface area is 143 Å². The van der Waals surface area contributed by atoms with Crippen molar-refractivity contribution in [3.05, 3.63) is 29.8 Å². The maximum Gasteiger partial charge on any atom is 0.251 e. The summed E-state index contributed by atoms with van der Waals surface area (Å²) in [6.45, 7) is 0.500. The van der Waals surface area contributed by atoms with Gasteiger partial charge in [0.05, 0.1) is 11.4 Å². The van der Waals surface area contributed by atoms with Gasteiger partial charge in [0.1, 0.15) is 0 Å². The molecule has 1 aliphatic heterocycles. The van der Waals surface area contributed by atoms with Crippen LogP contribution in [0.1, 0.15) is 48.9 Å². The minimum Gasteiger partial charge on any atom is -0.349 e. The zero-order valence-corrected chi connectivity index (χ0v) is 14.6. The summed E-state index contributed by atoms with van der Waals surface area (Å²) in [5.74, 6) is 1.52. The molecule has 0 aromatic heterocycles. The van der Waals surface area contributed by atoms with Crippen LogP contribution in [0.2, 0.25) is 0 Å². The Kier molecular flexibility index (Phi) is 4.03. The van der Waals surface area contributed by atoms with Crippen LogP contribution >= 0.6 is 0 Å². The van der Waals surface area contributed by atoms with Gasteiger partial charge in [-0.05, 0) is 62.1 Å². The van der Waals surface area contributed by atoms with E-state index < -0.39 is 10.0 Å². The van der Waals surface area contributed by atoms with Crippen molar-refractivity contribution in [3.63, 3.8) is 0 Å². The van der Waals surface area contributed by atoms with E-state index in [4.69, 9.17) is 0 Å². The van der Waals surface area contributed by atoms with Crippen molar-refractivity contribution in [2.75, 3.05) is 16.6 Å². The largest absolute Gasteiger partial charge is 0.349 e. The number of rotatable bonds is 3. The van der Waals surface area contributed by atoms with Gasteiger partial charge in [0, 0.05) is 18.2 Å². The van der Waals surface area contributed by atoms with E-state index in [-0.39, 0.29) is 11.7 Å². The van der Waals surface area contributed by atoms with Crippen LogP contribution in [-0.2, 0) is 10.0 Å². The van der Waals surface area contributed by atoms with Gasteiger partial charge in [-0.3, -0.25) is 9.10 Å². The predicted octanol–water partition coefficient (Wildman–Crippen LogP) is 2.54. The number of amides is 1. The second-order valence-corrected chi connectivity index (χ2v) is 9.41. The number of hydrogen-bond donors (Lipinski definition) is 1. The van der Waals surface area contributed by atoms with E-state index in [0.29, 0.717) is 36.2 Å². The van der Waals surface area contributed by atoms with E-state index in [1.807, 2.05) is 0 Å². The minimum absolute atomic E-state index is 0.0798. The zero-order valence-electron chi connectivity index (χ0n) is 13.8. The Balaban J connectivity index is 1.51. The quantitative estimate of drug-likeness (QED) is 0.913. The average Bonchev–Trinajstić information content (AvgIpc) is 3.17. The normalized spacial score (nSPS) is 31.2. The van der Waals surface area contributed by atoms with E-state index in [2.05, 4.69) is 5.32 Å². The number of carbonyl (C=O) groups excluding carboxylic acids is 1. The van der Waals surface area contributed by atoms with E-state index >= 15 is 0 Å². The van der Waals surface area contributed by atoms with Crippen LogP contribution in [0.5, 0.6) is 0 Å². The first kappa shape index (κ1) is 15.9. The Morgan fingerprint density at radius 2 is 2.04 bits per heavy atom. The van der Waals surface area contributed by atoms with Gasteiger partial charge >= 0.3 is 0 Å². The van der Waals surface area contributed by atoms with Crippen molar-refractivity contribution in [2.24, 2.45) is 11.8 Å². The molecule has 1 saturated heterocycles. The fraction of sp³-hybridized carbons (Fsp3) is 0.611. The summed E-state index contributed by atoms with van der Waals surface area (Å²) in [5, 5.41) is 3.17. The van der Waals surface area contributed by atoms with E-state index in [1.165, 1.54) is 23.6 Å². The lowest BCUT2D eigenvalue weighted by Gasteiger charge is -2.28. The molecule has 2 aliphatic carbocycles. The summed E-state index contributed by atoms with van der Waals surface area (Å²) in [4.78, 5) is 12.6. The van der Waals surface area contributed by atoms with Crippen LogP contribution in [0.15, 0.2) is 24.3 Å². The molecule has 130 valence electrons. The van der Waals surface area contributed by atoms with E-state index in [9.17, 15) is 13.2 Å². The molecule has 2 saturated carbocycles. The van der Waals surface area contributed by atoms with E-state index in [0.717, 1.165) is 18.8 Å². The molecule has 1 aromatic rings. The van der Waals surface area contributed by atoms with Gasteiger partial charge in [-0.2, -0.15) is 0 Å². The maximum atomic E-state index is 12.6. The number of fused-ring (bicyclic) bond motifs is 2. The molecular formula is C18H24N2O3S. The molecule has 3 fully saturated rings. The molecule has 1 amide bonds. The third kappa shape index (κ3) is 2.92. The molecule has 0 radical (unpaired) electrons. The lowest BCUT2D eigenvalue weighted by molar-refractivity contribution is 0.0923. The molecule has 1 heterocycles. The van der Waals surface area contributed by atoms with Crippen LogP contribution in [0.25, 0.3) is 0 Å². The Bertz CT molecular complexity index is 746. The van der Waals surface area contributed by atoms with Crippen molar-refractivity contribution >= 4 is 21.6 Å². The number of nitrogens with one attached hydrogen (secondary N) is 1. The Hall–Kier alpha value is -1.56. The highest BCUT2D eigenvalue weighted by Gasteiger charge is 2.40. The molecular weight excluding hydrogens is 324 g/mol. The maximum absolute atomic E-state index is 12.6. The predicted molar refractivity (Wildman–Crippen MR) is 93.5 cm³/mol. The molecule has 3 aliphatic rings. The van der Waals surface area contributed by atoms with Gasteiger partial charge in [0.25, 0.3) is 5.91 Å². The summed E-state index contributed by atoms with van der Waals surface area (Å²) in [5.41, 5.74) is 1.16. The van der Waals surface area contributed by atoms with Crippen molar-refractivity contribution in [2.45, 2.75) is 44.6 Å². The topological polar surface area (TPSA) is 66.5 Å². The second-order valence-electron chi connectivity index (χ2n) is 7.40.